The highest BCUT2D eigenvalue weighted by Gasteiger charge is 2.08. The highest BCUT2D eigenvalue weighted by Crippen LogP contribution is 2.27. The molecule has 1 aromatic carbocycles. The minimum Gasteiger partial charge on any atom is -0.497 e. The molecule has 0 spiro atoms. The first kappa shape index (κ1) is 11.3. The predicted octanol–water partition coefficient (Wildman–Crippen LogP) is 2.88. The Bertz CT molecular complexity index is 550. The van der Waals surface area contributed by atoms with E-state index in [1.807, 2.05) is 25.1 Å². The number of aromatic nitrogens is 1. The number of carbonyl (C=O) groups excluding carboxylic acids is 1. The van der Waals surface area contributed by atoms with Crippen molar-refractivity contribution in [3.8, 4) is 16.9 Å². The van der Waals surface area contributed by atoms with Gasteiger partial charge in [0.1, 0.15) is 5.75 Å². The zero-order chi connectivity index (χ0) is 12.3. The van der Waals surface area contributed by atoms with Crippen LogP contribution in [-0.2, 0) is 0 Å². The Morgan fingerprint density at radius 1 is 1.24 bits per heavy atom. The van der Waals surface area contributed by atoms with Crippen LogP contribution in [0.2, 0.25) is 0 Å². The van der Waals surface area contributed by atoms with Crippen molar-refractivity contribution >= 4 is 6.29 Å². The third-order valence-electron chi connectivity index (χ3n) is 2.71. The smallest absolute Gasteiger partial charge is 0.150 e. The van der Waals surface area contributed by atoms with E-state index in [-0.39, 0.29) is 0 Å². The molecule has 17 heavy (non-hydrogen) atoms. The molecule has 0 unspecified atom stereocenters. The standard InChI is InChI=1S/C14H13NO2/c1-10-5-6-15-8-14(10)13-4-3-12(17-2)7-11(13)9-16/h3-9H,1-2H3. The quantitative estimate of drug-likeness (QED) is 0.757. The highest BCUT2D eigenvalue weighted by molar-refractivity contribution is 5.88. The second-order valence-corrected chi connectivity index (χ2v) is 3.76. The van der Waals surface area contributed by atoms with Gasteiger partial charge in [-0.1, -0.05) is 0 Å². The number of nitrogens with zero attached hydrogens (tertiary/aromatic N) is 1. The van der Waals surface area contributed by atoms with E-state index in [2.05, 4.69) is 4.98 Å². The van der Waals surface area contributed by atoms with Crippen LogP contribution in [0.5, 0.6) is 5.75 Å². The third-order valence-corrected chi connectivity index (χ3v) is 2.71. The van der Waals surface area contributed by atoms with Gasteiger partial charge in [-0.3, -0.25) is 9.78 Å². The lowest BCUT2D eigenvalue weighted by Gasteiger charge is -2.09. The Morgan fingerprint density at radius 2 is 2.06 bits per heavy atom. The first-order valence-corrected chi connectivity index (χ1v) is 5.30. The molecule has 0 aliphatic heterocycles. The van der Waals surface area contributed by atoms with Crippen LogP contribution in [0.1, 0.15) is 15.9 Å². The average molecular weight is 227 g/mol. The molecule has 0 saturated heterocycles. The van der Waals surface area contributed by atoms with E-state index < -0.39 is 0 Å². The molecule has 1 aromatic heterocycles. The zero-order valence-corrected chi connectivity index (χ0v) is 9.81. The van der Waals surface area contributed by atoms with Gasteiger partial charge in [0.25, 0.3) is 0 Å². The van der Waals surface area contributed by atoms with Crippen LogP contribution in [0.4, 0.5) is 0 Å². The summed E-state index contributed by atoms with van der Waals surface area (Å²) in [6, 6.07) is 7.38. The maximum absolute atomic E-state index is 11.1. The van der Waals surface area contributed by atoms with Crippen molar-refractivity contribution in [3.05, 3.63) is 47.8 Å². The first-order valence-electron chi connectivity index (χ1n) is 5.30. The van der Waals surface area contributed by atoms with Gasteiger partial charge in [-0.2, -0.15) is 0 Å². The molecule has 0 atom stereocenters. The van der Waals surface area contributed by atoms with Crippen LogP contribution in [0.3, 0.4) is 0 Å². The Hall–Kier alpha value is -2.16. The first-order chi connectivity index (χ1) is 8.26. The summed E-state index contributed by atoms with van der Waals surface area (Å²) < 4.78 is 5.10. The lowest BCUT2D eigenvalue weighted by molar-refractivity contribution is 0.112. The average Bonchev–Trinajstić information content (AvgIpc) is 2.38. The van der Waals surface area contributed by atoms with Gasteiger partial charge < -0.3 is 4.74 Å². The molecule has 0 fully saturated rings. The molecule has 0 saturated carbocycles. The Morgan fingerprint density at radius 3 is 2.71 bits per heavy atom. The van der Waals surface area contributed by atoms with Crippen molar-refractivity contribution in [2.75, 3.05) is 7.11 Å². The van der Waals surface area contributed by atoms with E-state index in [4.69, 9.17) is 4.74 Å². The van der Waals surface area contributed by atoms with E-state index >= 15 is 0 Å². The topological polar surface area (TPSA) is 39.2 Å². The van der Waals surface area contributed by atoms with E-state index in [9.17, 15) is 4.79 Å². The van der Waals surface area contributed by atoms with Crippen LogP contribution in [0, 0.1) is 6.92 Å². The van der Waals surface area contributed by atoms with E-state index in [0.717, 1.165) is 23.0 Å². The number of pyridine rings is 1. The molecule has 0 bridgehead atoms. The number of rotatable bonds is 3. The minimum atomic E-state index is 0.612. The molecule has 0 amide bonds. The number of hydrogen-bond donors (Lipinski definition) is 0. The summed E-state index contributed by atoms with van der Waals surface area (Å²) >= 11 is 0. The SMILES string of the molecule is COc1ccc(-c2cnccc2C)c(C=O)c1. The zero-order valence-electron chi connectivity index (χ0n) is 9.81. The highest BCUT2D eigenvalue weighted by atomic mass is 16.5. The number of methoxy groups -OCH3 is 1. The van der Waals surface area contributed by atoms with Crippen LogP contribution >= 0.6 is 0 Å². The monoisotopic (exact) mass is 227 g/mol. The van der Waals surface area contributed by atoms with Crippen LogP contribution in [0.15, 0.2) is 36.7 Å². The summed E-state index contributed by atoms with van der Waals surface area (Å²) in [5.74, 6) is 0.678. The van der Waals surface area contributed by atoms with Gasteiger partial charge >= 0.3 is 0 Å². The van der Waals surface area contributed by atoms with Crippen molar-refractivity contribution in [2.45, 2.75) is 6.92 Å². The lowest BCUT2D eigenvalue weighted by atomic mass is 9.98. The molecule has 3 heteroatoms. The van der Waals surface area contributed by atoms with Crippen LogP contribution in [0.25, 0.3) is 11.1 Å². The minimum absolute atomic E-state index is 0.612. The Kier molecular flexibility index (Phi) is 3.19. The predicted molar refractivity (Wildman–Crippen MR) is 66.3 cm³/mol. The normalized spacial score (nSPS) is 10.0. The number of aryl methyl sites for hydroxylation is 1. The molecule has 2 aromatic rings. The molecule has 0 aliphatic rings. The fraction of sp³-hybridized carbons (Fsp3) is 0.143. The number of ether oxygens (including phenoxy) is 1. The van der Waals surface area contributed by atoms with Crippen molar-refractivity contribution < 1.29 is 9.53 Å². The Labute approximate surface area is 100 Å². The summed E-state index contributed by atoms with van der Waals surface area (Å²) in [5, 5.41) is 0. The van der Waals surface area contributed by atoms with E-state index in [1.165, 1.54) is 0 Å². The fourth-order valence-electron chi connectivity index (χ4n) is 1.76. The molecule has 1 heterocycles. The molecule has 0 aliphatic carbocycles. The summed E-state index contributed by atoms with van der Waals surface area (Å²) in [4.78, 5) is 15.2. The Balaban J connectivity index is 2.60. The number of carbonyl (C=O) groups is 1. The number of aldehydes is 1. The van der Waals surface area contributed by atoms with Gasteiger partial charge in [0.15, 0.2) is 6.29 Å². The third kappa shape index (κ3) is 2.18. The summed E-state index contributed by atoms with van der Waals surface area (Å²) in [7, 11) is 1.58. The summed E-state index contributed by atoms with van der Waals surface area (Å²) in [6.45, 7) is 2.00. The maximum Gasteiger partial charge on any atom is 0.150 e. The molecule has 3 nitrogen and oxygen atoms in total. The molecule has 0 radical (unpaired) electrons. The molecule has 0 N–H and O–H groups in total. The van der Waals surface area contributed by atoms with Crippen LogP contribution < -0.4 is 4.74 Å². The van der Waals surface area contributed by atoms with Gasteiger partial charge in [0.2, 0.25) is 0 Å². The second-order valence-electron chi connectivity index (χ2n) is 3.76. The van der Waals surface area contributed by atoms with Crippen molar-refractivity contribution in [1.29, 1.82) is 0 Å². The lowest BCUT2D eigenvalue weighted by Crippen LogP contribution is -1.92. The molecule has 2 rings (SSSR count). The van der Waals surface area contributed by atoms with Gasteiger partial charge in [0, 0.05) is 23.5 Å². The van der Waals surface area contributed by atoms with Crippen molar-refractivity contribution in [3.63, 3.8) is 0 Å². The van der Waals surface area contributed by atoms with Gasteiger partial charge in [-0.25, -0.2) is 0 Å². The fourth-order valence-corrected chi connectivity index (χ4v) is 1.76. The summed E-state index contributed by atoms with van der Waals surface area (Å²) in [6.07, 6.45) is 4.34. The maximum atomic E-state index is 11.1. The largest absolute Gasteiger partial charge is 0.497 e. The van der Waals surface area contributed by atoms with Gasteiger partial charge in [-0.05, 0) is 42.3 Å². The second kappa shape index (κ2) is 4.78. The molecular formula is C14H13NO2. The van der Waals surface area contributed by atoms with Crippen LogP contribution in [-0.4, -0.2) is 18.4 Å². The van der Waals surface area contributed by atoms with E-state index in [1.54, 1.807) is 25.6 Å². The number of hydrogen-bond acceptors (Lipinski definition) is 3. The number of benzene rings is 1. The van der Waals surface area contributed by atoms with E-state index in [0.29, 0.717) is 11.3 Å². The van der Waals surface area contributed by atoms with Gasteiger partial charge in [-0.15, -0.1) is 0 Å². The van der Waals surface area contributed by atoms with Crippen molar-refractivity contribution in [1.82, 2.24) is 4.98 Å². The molecular weight excluding hydrogens is 214 g/mol. The molecule has 86 valence electrons. The van der Waals surface area contributed by atoms with Gasteiger partial charge in [0.05, 0.1) is 7.11 Å². The summed E-state index contributed by atoms with van der Waals surface area (Å²) in [5.41, 5.74) is 3.55. The van der Waals surface area contributed by atoms with Crippen molar-refractivity contribution in [2.24, 2.45) is 0 Å².